The number of fused-ring (bicyclic) bond motifs is 3. The quantitative estimate of drug-likeness (QED) is 0.488. The Morgan fingerprint density at radius 1 is 1.07 bits per heavy atom. The lowest BCUT2D eigenvalue weighted by atomic mass is 10.1. The molecule has 5 aromatic rings. The highest BCUT2D eigenvalue weighted by Crippen LogP contribution is 2.26. The van der Waals surface area contributed by atoms with Crippen molar-refractivity contribution in [3.05, 3.63) is 60.5 Å². The second kappa shape index (κ2) is 5.77. The van der Waals surface area contributed by atoms with Gasteiger partial charge in [-0.2, -0.15) is 14.6 Å². The highest BCUT2D eigenvalue weighted by molar-refractivity contribution is 5.91. The lowest BCUT2D eigenvalue weighted by Gasteiger charge is -2.12. The highest BCUT2D eigenvalue weighted by atomic mass is 16.3. The molecule has 1 aromatic carbocycles. The minimum Gasteiger partial charge on any atom is -0.461 e. The second-order valence-corrected chi connectivity index (χ2v) is 5.94. The van der Waals surface area contributed by atoms with Crippen LogP contribution in [-0.4, -0.2) is 35.6 Å². The van der Waals surface area contributed by atoms with Gasteiger partial charge in [0.15, 0.2) is 17.1 Å². The molecule has 27 heavy (non-hydrogen) atoms. The summed E-state index contributed by atoms with van der Waals surface area (Å²) in [5, 5.41) is 9.36. The van der Waals surface area contributed by atoms with Crippen molar-refractivity contribution in [2.75, 3.05) is 5.73 Å². The molecule has 9 heteroatoms. The minimum absolute atomic E-state index is 0.141. The summed E-state index contributed by atoms with van der Waals surface area (Å²) in [6.45, 7) is 0. The zero-order valence-corrected chi connectivity index (χ0v) is 13.9. The number of rotatable bonds is 4. The Morgan fingerprint density at radius 2 is 1.93 bits per heavy atom. The standard InChI is InChI=1S/C18H13N7O2/c19-18-22-17-12(16-21-15(23-25(16)18)14-7-4-8-27-14)9-20-24(17)13(10-26)11-5-2-1-3-6-11/h1-10,13H,(H2,19,22). The number of nitrogen functional groups attached to an aromatic ring is 1. The zero-order valence-electron chi connectivity index (χ0n) is 13.9. The molecule has 0 bridgehead atoms. The van der Waals surface area contributed by atoms with Gasteiger partial charge in [0, 0.05) is 0 Å². The fourth-order valence-electron chi connectivity index (χ4n) is 3.07. The van der Waals surface area contributed by atoms with Crippen molar-refractivity contribution >= 4 is 28.9 Å². The van der Waals surface area contributed by atoms with E-state index in [1.807, 2.05) is 30.3 Å². The van der Waals surface area contributed by atoms with E-state index in [0.717, 1.165) is 11.8 Å². The maximum Gasteiger partial charge on any atom is 0.225 e. The summed E-state index contributed by atoms with van der Waals surface area (Å²) in [6, 6.07) is 12.2. The van der Waals surface area contributed by atoms with Gasteiger partial charge in [0.25, 0.3) is 0 Å². The largest absolute Gasteiger partial charge is 0.461 e. The van der Waals surface area contributed by atoms with Crippen molar-refractivity contribution in [1.29, 1.82) is 0 Å². The molecule has 0 radical (unpaired) electrons. The first-order valence-corrected chi connectivity index (χ1v) is 8.20. The lowest BCUT2D eigenvalue weighted by molar-refractivity contribution is -0.109. The molecule has 0 spiro atoms. The number of aldehydes is 1. The summed E-state index contributed by atoms with van der Waals surface area (Å²) in [4.78, 5) is 20.7. The molecule has 0 saturated heterocycles. The van der Waals surface area contributed by atoms with Crippen LogP contribution in [-0.2, 0) is 4.79 Å². The van der Waals surface area contributed by atoms with Gasteiger partial charge in [-0.05, 0) is 17.7 Å². The summed E-state index contributed by atoms with van der Waals surface area (Å²) in [5.41, 5.74) is 7.84. The Hall–Kier alpha value is -4.01. The first-order valence-electron chi connectivity index (χ1n) is 8.20. The summed E-state index contributed by atoms with van der Waals surface area (Å²) in [6.07, 6.45) is 3.98. The van der Waals surface area contributed by atoms with Crippen molar-refractivity contribution in [2.24, 2.45) is 0 Å². The monoisotopic (exact) mass is 359 g/mol. The van der Waals surface area contributed by atoms with E-state index in [0.29, 0.717) is 28.3 Å². The lowest BCUT2D eigenvalue weighted by Crippen LogP contribution is -2.14. The number of nitrogens with zero attached hydrogens (tertiary/aromatic N) is 6. The van der Waals surface area contributed by atoms with Gasteiger partial charge in [-0.3, -0.25) is 0 Å². The van der Waals surface area contributed by atoms with Crippen molar-refractivity contribution < 1.29 is 9.21 Å². The maximum atomic E-state index is 11.8. The van der Waals surface area contributed by atoms with Gasteiger partial charge in [-0.15, -0.1) is 5.10 Å². The van der Waals surface area contributed by atoms with E-state index in [1.54, 1.807) is 24.6 Å². The van der Waals surface area contributed by atoms with E-state index in [2.05, 4.69) is 20.2 Å². The fraction of sp³-hybridized carbons (Fsp3) is 0.0556. The molecule has 0 saturated carbocycles. The normalized spacial score (nSPS) is 12.6. The predicted molar refractivity (Wildman–Crippen MR) is 96.8 cm³/mol. The Balaban J connectivity index is 1.74. The van der Waals surface area contributed by atoms with E-state index >= 15 is 0 Å². The second-order valence-electron chi connectivity index (χ2n) is 5.94. The molecule has 0 aliphatic rings. The van der Waals surface area contributed by atoms with Crippen LogP contribution in [0.1, 0.15) is 11.6 Å². The van der Waals surface area contributed by atoms with Gasteiger partial charge >= 0.3 is 0 Å². The molecular formula is C18H13N7O2. The first-order chi connectivity index (χ1) is 13.3. The SMILES string of the molecule is Nc1nc2c(cnn2C(C=O)c2ccccc2)c2nc(-c3ccco3)nn12. The van der Waals surface area contributed by atoms with Crippen LogP contribution in [0.2, 0.25) is 0 Å². The van der Waals surface area contributed by atoms with Gasteiger partial charge in [0.05, 0.1) is 17.8 Å². The van der Waals surface area contributed by atoms with Crippen LogP contribution < -0.4 is 5.73 Å². The molecule has 5 rings (SSSR count). The first kappa shape index (κ1) is 15.3. The number of carbonyl (C=O) groups is 1. The molecule has 0 aliphatic heterocycles. The number of hydrogen-bond donors (Lipinski definition) is 1. The molecule has 0 aliphatic carbocycles. The highest BCUT2D eigenvalue weighted by Gasteiger charge is 2.21. The summed E-state index contributed by atoms with van der Waals surface area (Å²) >= 11 is 0. The average Bonchev–Trinajstić information content (AvgIpc) is 3.43. The van der Waals surface area contributed by atoms with Gasteiger partial charge < -0.3 is 14.9 Å². The van der Waals surface area contributed by atoms with E-state index < -0.39 is 6.04 Å². The number of benzene rings is 1. The summed E-state index contributed by atoms with van der Waals surface area (Å²) < 4.78 is 8.33. The van der Waals surface area contributed by atoms with E-state index in [9.17, 15) is 4.79 Å². The summed E-state index contributed by atoms with van der Waals surface area (Å²) in [5.74, 6) is 1.06. The Labute approximate surface area is 152 Å². The average molecular weight is 359 g/mol. The van der Waals surface area contributed by atoms with Crippen LogP contribution in [0.15, 0.2) is 59.3 Å². The molecule has 4 aromatic heterocycles. The number of hydrogen-bond acceptors (Lipinski definition) is 7. The topological polar surface area (TPSA) is 117 Å². The van der Waals surface area contributed by atoms with E-state index in [1.165, 1.54) is 9.20 Å². The maximum absolute atomic E-state index is 11.8. The molecule has 1 unspecified atom stereocenters. The molecule has 1 atom stereocenters. The van der Waals surface area contributed by atoms with Crippen LogP contribution in [0.5, 0.6) is 0 Å². The van der Waals surface area contributed by atoms with Gasteiger partial charge in [0.2, 0.25) is 11.8 Å². The molecule has 0 fully saturated rings. The van der Waals surface area contributed by atoms with Crippen molar-refractivity contribution in [1.82, 2.24) is 29.4 Å². The fourth-order valence-corrected chi connectivity index (χ4v) is 3.07. The van der Waals surface area contributed by atoms with Crippen molar-refractivity contribution in [2.45, 2.75) is 6.04 Å². The number of anilines is 1. The van der Waals surface area contributed by atoms with Gasteiger partial charge in [0.1, 0.15) is 12.3 Å². The van der Waals surface area contributed by atoms with Crippen molar-refractivity contribution in [3.63, 3.8) is 0 Å². The summed E-state index contributed by atoms with van der Waals surface area (Å²) in [7, 11) is 0. The predicted octanol–water partition coefficient (Wildman–Crippen LogP) is 2.10. The van der Waals surface area contributed by atoms with Crippen LogP contribution in [0.25, 0.3) is 28.3 Å². The Kier molecular flexibility index (Phi) is 3.26. The van der Waals surface area contributed by atoms with Gasteiger partial charge in [-0.25, -0.2) is 9.67 Å². The Bertz CT molecular complexity index is 1260. The number of carbonyl (C=O) groups excluding carboxylic acids is 1. The third kappa shape index (κ3) is 2.29. The van der Waals surface area contributed by atoms with Crippen molar-refractivity contribution in [3.8, 4) is 11.6 Å². The molecule has 9 nitrogen and oxygen atoms in total. The number of aromatic nitrogens is 6. The molecule has 132 valence electrons. The number of nitrogens with two attached hydrogens (primary N) is 1. The number of furan rings is 1. The smallest absolute Gasteiger partial charge is 0.225 e. The Morgan fingerprint density at radius 3 is 2.67 bits per heavy atom. The van der Waals surface area contributed by atoms with E-state index in [4.69, 9.17) is 10.2 Å². The van der Waals surface area contributed by atoms with Crippen LogP contribution >= 0.6 is 0 Å². The third-order valence-electron chi connectivity index (χ3n) is 4.33. The molecule has 0 amide bonds. The van der Waals surface area contributed by atoms with Crippen LogP contribution in [0.4, 0.5) is 5.95 Å². The molecular weight excluding hydrogens is 346 g/mol. The van der Waals surface area contributed by atoms with Crippen LogP contribution in [0, 0.1) is 0 Å². The third-order valence-corrected chi connectivity index (χ3v) is 4.33. The van der Waals surface area contributed by atoms with E-state index in [-0.39, 0.29) is 5.95 Å². The van der Waals surface area contributed by atoms with Crippen LogP contribution in [0.3, 0.4) is 0 Å². The zero-order chi connectivity index (χ0) is 18.4. The van der Waals surface area contributed by atoms with Gasteiger partial charge in [-0.1, -0.05) is 30.3 Å². The molecule has 4 heterocycles. The molecule has 2 N–H and O–H groups in total. The minimum atomic E-state index is -0.620.